The molecule has 9 atom stereocenters. The lowest BCUT2D eigenvalue weighted by Crippen LogP contribution is -2.61. The molecule has 29 heavy (non-hydrogen) atoms. The predicted molar refractivity (Wildman–Crippen MR) is 88.5 cm³/mol. The minimum Gasteiger partial charge on any atom is -0.479 e. The van der Waals surface area contributed by atoms with Crippen molar-refractivity contribution >= 4 is 11.9 Å². The summed E-state index contributed by atoms with van der Waals surface area (Å²) in [5.41, 5.74) is -2.53. The molecule has 1 aliphatic carbocycles. The van der Waals surface area contributed by atoms with Gasteiger partial charge in [-0.1, -0.05) is 6.08 Å². The van der Waals surface area contributed by atoms with Crippen LogP contribution < -0.4 is 0 Å². The van der Waals surface area contributed by atoms with Crippen LogP contribution in [0.1, 0.15) is 0 Å². The summed E-state index contributed by atoms with van der Waals surface area (Å²) in [7, 11) is 1.12. The summed E-state index contributed by atoms with van der Waals surface area (Å²) in [6.07, 6.45) is -6.29. The molecule has 3 aliphatic rings. The maximum Gasteiger partial charge on any atom is 0.340 e. The van der Waals surface area contributed by atoms with Gasteiger partial charge in [-0.2, -0.15) is 0 Å². The van der Waals surface area contributed by atoms with E-state index in [1.165, 1.54) is 6.08 Å². The number of esters is 1. The molecule has 0 bridgehead atoms. The Labute approximate surface area is 164 Å². The van der Waals surface area contributed by atoms with Gasteiger partial charge in [0.2, 0.25) is 6.29 Å². The SMILES string of the molecule is COC(=O)C1=CO[C@@H](O[C@@H]2O[C@H](CO)[C@@H](O)[C@H](O)[C@H]2O)[C@@H]2[C@H]1C=C[C@]2(O)C(=O)O. The summed E-state index contributed by atoms with van der Waals surface area (Å²) in [5.74, 6) is -4.75. The van der Waals surface area contributed by atoms with Crippen LogP contribution in [0.5, 0.6) is 0 Å². The number of rotatable bonds is 5. The highest BCUT2D eigenvalue weighted by atomic mass is 16.8. The van der Waals surface area contributed by atoms with Crippen molar-refractivity contribution in [2.75, 3.05) is 13.7 Å². The lowest BCUT2D eigenvalue weighted by molar-refractivity contribution is -0.345. The van der Waals surface area contributed by atoms with Gasteiger partial charge in [0, 0.05) is 5.92 Å². The van der Waals surface area contributed by atoms with E-state index < -0.39 is 73.0 Å². The largest absolute Gasteiger partial charge is 0.479 e. The number of carbonyl (C=O) groups excluding carboxylic acids is 1. The van der Waals surface area contributed by atoms with Crippen molar-refractivity contribution in [2.45, 2.75) is 42.6 Å². The molecule has 12 nitrogen and oxygen atoms in total. The number of fused-ring (bicyclic) bond motifs is 1. The van der Waals surface area contributed by atoms with Crippen LogP contribution in [-0.2, 0) is 28.5 Å². The van der Waals surface area contributed by atoms with Crippen molar-refractivity contribution in [3.63, 3.8) is 0 Å². The molecule has 12 heteroatoms. The van der Waals surface area contributed by atoms with Crippen LogP contribution in [0.25, 0.3) is 0 Å². The summed E-state index contributed by atoms with van der Waals surface area (Å²) >= 11 is 0. The summed E-state index contributed by atoms with van der Waals surface area (Å²) in [4.78, 5) is 23.7. The normalized spacial score (nSPS) is 43.9. The van der Waals surface area contributed by atoms with Crippen molar-refractivity contribution in [1.29, 1.82) is 0 Å². The average Bonchev–Trinajstić information content (AvgIpc) is 3.07. The van der Waals surface area contributed by atoms with Crippen molar-refractivity contribution in [2.24, 2.45) is 11.8 Å². The first kappa shape index (κ1) is 21.6. The molecule has 162 valence electrons. The number of carboxylic acid groups (broad SMARTS) is 1. The number of methoxy groups -OCH3 is 1. The first-order valence-electron chi connectivity index (χ1n) is 8.70. The Kier molecular flexibility index (Phi) is 5.96. The van der Waals surface area contributed by atoms with Crippen molar-refractivity contribution in [3.8, 4) is 0 Å². The van der Waals surface area contributed by atoms with Gasteiger partial charge in [0.1, 0.15) is 24.4 Å². The van der Waals surface area contributed by atoms with E-state index in [-0.39, 0.29) is 5.57 Å². The minimum atomic E-state index is -2.48. The van der Waals surface area contributed by atoms with Crippen LogP contribution in [0.3, 0.4) is 0 Å². The number of aliphatic hydroxyl groups excluding tert-OH is 4. The summed E-state index contributed by atoms with van der Waals surface area (Å²) in [5, 5.41) is 59.2. The van der Waals surface area contributed by atoms with Crippen molar-refractivity contribution in [1.82, 2.24) is 0 Å². The average molecular weight is 418 g/mol. The molecule has 6 N–H and O–H groups in total. The zero-order chi connectivity index (χ0) is 21.5. The Bertz CT molecular complexity index is 717. The molecule has 0 saturated carbocycles. The predicted octanol–water partition coefficient (Wildman–Crippen LogP) is -3.17. The quantitative estimate of drug-likeness (QED) is 0.194. The fourth-order valence-electron chi connectivity index (χ4n) is 3.68. The Hall–Kier alpha value is -2.06. The van der Waals surface area contributed by atoms with E-state index in [0.29, 0.717) is 0 Å². The van der Waals surface area contributed by atoms with E-state index in [0.717, 1.165) is 19.4 Å². The van der Waals surface area contributed by atoms with Gasteiger partial charge in [0.25, 0.3) is 0 Å². The topological polar surface area (TPSA) is 192 Å². The third-order valence-electron chi connectivity index (χ3n) is 5.31. The first-order chi connectivity index (χ1) is 13.7. The van der Waals surface area contributed by atoms with Crippen LogP contribution in [-0.4, -0.2) is 98.9 Å². The van der Waals surface area contributed by atoms with Gasteiger partial charge in [-0.25, -0.2) is 9.59 Å². The molecule has 1 saturated heterocycles. The lowest BCUT2D eigenvalue weighted by Gasteiger charge is -2.43. The maximum absolute atomic E-state index is 12.0. The first-order valence-corrected chi connectivity index (χ1v) is 8.70. The molecule has 0 unspecified atom stereocenters. The molecule has 0 aromatic rings. The number of hydrogen-bond donors (Lipinski definition) is 6. The monoisotopic (exact) mass is 418 g/mol. The van der Waals surface area contributed by atoms with E-state index in [4.69, 9.17) is 14.2 Å². The third kappa shape index (κ3) is 3.53. The number of carbonyl (C=O) groups is 2. The second-order valence-corrected chi connectivity index (χ2v) is 6.94. The Morgan fingerprint density at radius 3 is 2.45 bits per heavy atom. The van der Waals surface area contributed by atoms with Crippen LogP contribution in [0.4, 0.5) is 0 Å². The molecule has 0 aromatic carbocycles. The third-order valence-corrected chi connectivity index (χ3v) is 5.31. The number of allylic oxidation sites excluding steroid dienone is 1. The molecule has 1 fully saturated rings. The number of hydrogen-bond acceptors (Lipinski definition) is 11. The van der Waals surface area contributed by atoms with E-state index in [1.54, 1.807) is 0 Å². The number of ether oxygens (including phenoxy) is 4. The van der Waals surface area contributed by atoms with Crippen LogP contribution >= 0.6 is 0 Å². The highest BCUT2D eigenvalue weighted by molar-refractivity contribution is 5.91. The maximum atomic E-state index is 12.0. The molecule has 2 heterocycles. The van der Waals surface area contributed by atoms with E-state index >= 15 is 0 Å². The van der Waals surface area contributed by atoms with Crippen LogP contribution in [0.15, 0.2) is 24.0 Å². The molecule has 0 spiro atoms. The summed E-state index contributed by atoms with van der Waals surface area (Å²) in [6, 6.07) is 0. The highest BCUT2D eigenvalue weighted by Crippen LogP contribution is 2.46. The zero-order valence-corrected chi connectivity index (χ0v) is 15.2. The van der Waals surface area contributed by atoms with Gasteiger partial charge in [0.15, 0.2) is 11.9 Å². The van der Waals surface area contributed by atoms with Gasteiger partial charge in [-0.3, -0.25) is 0 Å². The zero-order valence-electron chi connectivity index (χ0n) is 15.2. The van der Waals surface area contributed by atoms with Crippen molar-refractivity contribution in [3.05, 3.63) is 24.0 Å². The summed E-state index contributed by atoms with van der Waals surface area (Å²) in [6.45, 7) is -0.699. The Morgan fingerprint density at radius 2 is 1.86 bits per heavy atom. The van der Waals surface area contributed by atoms with Crippen molar-refractivity contribution < 1.29 is 59.2 Å². The van der Waals surface area contributed by atoms with Gasteiger partial charge < -0.3 is 49.6 Å². The van der Waals surface area contributed by atoms with E-state index in [2.05, 4.69) is 4.74 Å². The van der Waals surface area contributed by atoms with Crippen LogP contribution in [0.2, 0.25) is 0 Å². The molecule has 0 amide bonds. The lowest BCUT2D eigenvalue weighted by atomic mass is 9.79. The minimum absolute atomic E-state index is 0.0559. The fourth-order valence-corrected chi connectivity index (χ4v) is 3.68. The second kappa shape index (κ2) is 7.99. The molecule has 0 radical (unpaired) electrons. The van der Waals surface area contributed by atoms with E-state index in [1.807, 2.05) is 0 Å². The molecular formula is C17H22O12. The molecule has 0 aromatic heterocycles. The highest BCUT2D eigenvalue weighted by Gasteiger charge is 2.59. The van der Waals surface area contributed by atoms with Gasteiger partial charge >= 0.3 is 11.9 Å². The van der Waals surface area contributed by atoms with Gasteiger partial charge in [-0.05, 0) is 6.08 Å². The molecule has 3 rings (SSSR count). The summed E-state index contributed by atoms with van der Waals surface area (Å²) < 4.78 is 20.7. The molecular weight excluding hydrogens is 396 g/mol. The van der Waals surface area contributed by atoms with Gasteiger partial charge in [0.05, 0.1) is 31.5 Å². The number of carboxylic acids is 1. The standard InChI is InChI=1S/C17H22O12/c1-26-13(22)7-5-27-14(9-6(7)2-3-17(9,25)16(23)24)29-15-12(21)11(20)10(19)8(4-18)28-15/h2-3,5-6,8-12,14-15,18-21,25H,4H2,1H3,(H,23,24)/t6-,8+,9-,10+,11-,12+,14-,15-,17+/m0/s1. The van der Waals surface area contributed by atoms with Gasteiger partial charge in [-0.15, -0.1) is 0 Å². The molecule has 2 aliphatic heterocycles. The fraction of sp³-hybridized carbons (Fsp3) is 0.647. The smallest absolute Gasteiger partial charge is 0.340 e. The second-order valence-electron chi connectivity index (χ2n) is 6.94. The number of aliphatic carboxylic acids is 1. The van der Waals surface area contributed by atoms with E-state index in [9.17, 15) is 40.2 Å². The Balaban J connectivity index is 1.89. The number of aliphatic hydroxyl groups is 5. The Morgan fingerprint density at radius 1 is 1.17 bits per heavy atom. The van der Waals surface area contributed by atoms with Crippen LogP contribution in [0, 0.1) is 11.8 Å².